The van der Waals surface area contributed by atoms with Crippen molar-refractivity contribution in [2.24, 2.45) is 0 Å². The van der Waals surface area contributed by atoms with Gasteiger partial charge in [-0.15, -0.1) is 0 Å². The summed E-state index contributed by atoms with van der Waals surface area (Å²) in [6.45, 7) is 8.31. The number of nitrogens with zero attached hydrogens (tertiary/aromatic N) is 5. The summed E-state index contributed by atoms with van der Waals surface area (Å²) in [6, 6.07) is 8.12. The third kappa shape index (κ3) is 4.50. The number of carbonyl (C=O) groups excluding carboxylic acids is 1. The zero-order chi connectivity index (χ0) is 21.1. The predicted molar refractivity (Wildman–Crippen MR) is 109 cm³/mol. The summed E-state index contributed by atoms with van der Waals surface area (Å²) < 4.78 is 3.31. The Morgan fingerprint density at radius 1 is 1.14 bits per heavy atom. The van der Waals surface area contributed by atoms with Gasteiger partial charge in [0.1, 0.15) is 11.9 Å². The number of amides is 1. The molecular formula is C20H24N6O3. The summed E-state index contributed by atoms with van der Waals surface area (Å²) >= 11 is 0. The summed E-state index contributed by atoms with van der Waals surface area (Å²) in [5, 5.41) is 22.5. The lowest BCUT2D eigenvalue weighted by Gasteiger charge is -2.09. The van der Waals surface area contributed by atoms with Crippen molar-refractivity contribution in [2.45, 2.75) is 47.2 Å². The Morgan fingerprint density at radius 2 is 1.86 bits per heavy atom. The topological polar surface area (TPSA) is 108 Å². The summed E-state index contributed by atoms with van der Waals surface area (Å²) in [5.74, 6) is -0.192. The van der Waals surface area contributed by atoms with Crippen LogP contribution in [0, 0.1) is 37.8 Å². The SMILES string of the molecule is Cc1ccccc1Cn1nc(C)c(NC(=O)CCn2cc([N+](=O)[O-])c(C)n2)c1C. The number of carbonyl (C=O) groups is 1. The van der Waals surface area contributed by atoms with Crippen LogP contribution in [0.25, 0.3) is 0 Å². The van der Waals surface area contributed by atoms with Gasteiger partial charge in [0.05, 0.1) is 28.5 Å². The number of hydrogen-bond acceptors (Lipinski definition) is 5. The standard InChI is InChI=1S/C20H24N6O3/c1-13-7-5-6-8-17(13)11-25-16(4)20(15(3)23-25)21-19(27)9-10-24-12-18(26(28)29)14(2)22-24/h5-8,12H,9-11H2,1-4H3,(H,21,27). The molecule has 1 amide bonds. The van der Waals surface area contributed by atoms with E-state index in [0.717, 1.165) is 11.4 Å². The highest BCUT2D eigenvalue weighted by Gasteiger charge is 2.17. The second kappa shape index (κ2) is 8.26. The Kier molecular flexibility index (Phi) is 5.76. The van der Waals surface area contributed by atoms with E-state index < -0.39 is 4.92 Å². The van der Waals surface area contributed by atoms with Crippen LogP contribution < -0.4 is 5.32 Å². The molecule has 0 aliphatic rings. The molecule has 29 heavy (non-hydrogen) atoms. The molecule has 2 aromatic heterocycles. The highest BCUT2D eigenvalue weighted by atomic mass is 16.6. The number of anilines is 1. The van der Waals surface area contributed by atoms with Gasteiger partial charge in [0.15, 0.2) is 0 Å². The molecule has 0 aliphatic carbocycles. The number of aryl methyl sites for hydroxylation is 4. The molecule has 0 radical (unpaired) electrons. The highest BCUT2D eigenvalue weighted by molar-refractivity contribution is 5.91. The molecule has 9 nitrogen and oxygen atoms in total. The van der Waals surface area contributed by atoms with Gasteiger partial charge in [0.25, 0.3) is 0 Å². The molecular weight excluding hydrogens is 372 g/mol. The molecule has 1 N–H and O–H groups in total. The fourth-order valence-corrected chi connectivity index (χ4v) is 3.20. The average Bonchev–Trinajstić information content (AvgIpc) is 3.17. The maximum atomic E-state index is 12.4. The highest BCUT2D eigenvalue weighted by Crippen LogP contribution is 2.22. The molecule has 3 rings (SSSR count). The van der Waals surface area contributed by atoms with Gasteiger partial charge < -0.3 is 5.32 Å². The van der Waals surface area contributed by atoms with Gasteiger partial charge in [0, 0.05) is 13.0 Å². The number of hydrogen-bond donors (Lipinski definition) is 1. The summed E-state index contributed by atoms with van der Waals surface area (Å²) in [6.07, 6.45) is 1.50. The van der Waals surface area contributed by atoms with Crippen LogP contribution in [0.4, 0.5) is 11.4 Å². The maximum Gasteiger partial charge on any atom is 0.309 e. The number of nitrogens with one attached hydrogen (secondary N) is 1. The van der Waals surface area contributed by atoms with Crippen molar-refractivity contribution in [2.75, 3.05) is 5.32 Å². The molecule has 0 saturated heterocycles. The van der Waals surface area contributed by atoms with Crippen LogP contribution in [0.5, 0.6) is 0 Å². The Morgan fingerprint density at radius 3 is 2.52 bits per heavy atom. The van der Waals surface area contributed by atoms with E-state index >= 15 is 0 Å². The first-order valence-electron chi connectivity index (χ1n) is 9.33. The molecule has 0 spiro atoms. The second-order valence-electron chi connectivity index (χ2n) is 7.05. The second-order valence-corrected chi connectivity index (χ2v) is 7.05. The summed E-state index contributed by atoms with van der Waals surface area (Å²) in [7, 11) is 0. The Labute approximate surface area is 168 Å². The molecule has 0 fully saturated rings. The third-order valence-corrected chi connectivity index (χ3v) is 4.91. The fourth-order valence-electron chi connectivity index (χ4n) is 3.20. The normalized spacial score (nSPS) is 10.9. The van der Waals surface area contributed by atoms with Crippen molar-refractivity contribution in [3.8, 4) is 0 Å². The van der Waals surface area contributed by atoms with Crippen LogP contribution in [0.2, 0.25) is 0 Å². The average molecular weight is 396 g/mol. The first-order valence-corrected chi connectivity index (χ1v) is 9.33. The summed E-state index contributed by atoms with van der Waals surface area (Å²) in [4.78, 5) is 22.8. The van der Waals surface area contributed by atoms with Crippen molar-refractivity contribution in [3.63, 3.8) is 0 Å². The minimum absolute atomic E-state index is 0.0467. The minimum atomic E-state index is -0.478. The van der Waals surface area contributed by atoms with Crippen molar-refractivity contribution in [1.82, 2.24) is 19.6 Å². The molecule has 0 unspecified atom stereocenters. The van der Waals surface area contributed by atoms with Gasteiger partial charge in [-0.1, -0.05) is 24.3 Å². The van der Waals surface area contributed by atoms with Gasteiger partial charge >= 0.3 is 5.69 Å². The van der Waals surface area contributed by atoms with Gasteiger partial charge in [-0.2, -0.15) is 10.2 Å². The molecule has 3 aromatic rings. The molecule has 0 aliphatic heterocycles. The van der Waals surface area contributed by atoms with Gasteiger partial charge in [-0.3, -0.25) is 24.3 Å². The Bertz CT molecular complexity index is 1070. The van der Waals surface area contributed by atoms with Crippen molar-refractivity contribution < 1.29 is 9.72 Å². The van der Waals surface area contributed by atoms with Crippen LogP contribution in [-0.4, -0.2) is 30.4 Å². The number of benzene rings is 1. The van der Waals surface area contributed by atoms with Gasteiger partial charge in [0.2, 0.25) is 5.91 Å². The van der Waals surface area contributed by atoms with E-state index in [9.17, 15) is 14.9 Å². The van der Waals surface area contributed by atoms with Crippen LogP contribution in [0.15, 0.2) is 30.5 Å². The van der Waals surface area contributed by atoms with E-state index in [1.807, 2.05) is 30.7 Å². The predicted octanol–water partition coefficient (Wildman–Crippen LogP) is 3.30. The molecule has 9 heteroatoms. The zero-order valence-electron chi connectivity index (χ0n) is 17.0. The van der Waals surface area contributed by atoms with E-state index in [0.29, 0.717) is 17.9 Å². The molecule has 0 atom stereocenters. The van der Waals surface area contributed by atoms with Crippen LogP contribution in [0.3, 0.4) is 0 Å². The lowest BCUT2D eigenvalue weighted by atomic mass is 10.1. The van der Waals surface area contributed by atoms with Gasteiger partial charge in [-0.25, -0.2) is 0 Å². The van der Waals surface area contributed by atoms with Crippen LogP contribution in [-0.2, 0) is 17.9 Å². The van der Waals surface area contributed by atoms with E-state index in [1.165, 1.54) is 22.0 Å². The quantitative estimate of drug-likeness (QED) is 0.487. The Hall–Kier alpha value is -3.49. The first kappa shape index (κ1) is 20.2. The van der Waals surface area contributed by atoms with Gasteiger partial charge in [-0.05, 0) is 38.8 Å². The molecule has 1 aromatic carbocycles. The Balaban J connectivity index is 1.66. The molecule has 0 saturated carbocycles. The van der Waals surface area contributed by atoms with E-state index in [4.69, 9.17) is 0 Å². The fraction of sp³-hybridized carbons (Fsp3) is 0.350. The smallest absolute Gasteiger partial charge is 0.309 e. The van der Waals surface area contributed by atoms with Crippen molar-refractivity contribution in [3.05, 3.63) is 68.8 Å². The first-order chi connectivity index (χ1) is 13.8. The lowest BCUT2D eigenvalue weighted by Crippen LogP contribution is -2.16. The number of nitro groups is 1. The van der Waals surface area contributed by atoms with E-state index in [1.54, 1.807) is 6.92 Å². The van der Waals surface area contributed by atoms with Crippen LogP contribution >= 0.6 is 0 Å². The minimum Gasteiger partial charge on any atom is -0.323 e. The zero-order valence-corrected chi connectivity index (χ0v) is 17.0. The van der Waals surface area contributed by atoms with E-state index in [-0.39, 0.29) is 24.6 Å². The van der Waals surface area contributed by atoms with Crippen molar-refractivity contribution in [1.29, 1.82) is 0 Å². The largest absolute Gasteiger partial charge is 0.323 e. The van der Waals surface area contributed by atoms with Crippen LogP contribution in [0.1, 0.15) is 34.6 Å². The molecule has 2 heterocycles. The summed E-state index contributed by atoms with van der Waals surface area (Å²) in [5.41, 5.74) is 4.97. The number of aromatic nitrogens is 4. The molecule has 152 valence electrons. The van der Waals surface area contributed by atoms with Crippen molar-refractivity contribution >= 4 is 17.3 Å². The third-order valence-electron chi connectivity index (χ3n) is 4.91. The van der Waals surface area contributed by atoms with E-state index in [2.05, 4.69) is 34.6 Å². The number of rotatable bonds is 7. The molecule has 0 bridgehead atoms. The maximum absolute atomic E-state index is 12.4. The lowest BCUT2D eigenvalue weighted by molar-refractivity contribution is -0.385. The monoisotopic (exact) mass is 396 g/mol.